The molecule has 7 aromatic carbocycles. The van der Waals surface area contributed by atoms with Crippen molar-refractivity contribution in [2.24, 2.45) is 0 Å². The summed E-state index contributed by atoms with van der Waals surface area (Å²) < 4.78 is 6.54. The quantitative estimate of drug-likeness (QED) is 0.195. The molecular weight excluding hydrogens is 571 g/mol. The van der Waals surface area contributed by atoms with Crippen LogP contribution in [0.25, 0.3) is 55.3 Å². The highest BCUT2D eigenvalue weighted by molar-refractivity contribution is 6.17. The number of para-hydroxylation sites is 2. The van der Waals surface area contributed by atoms with Crippen molar-refractivity contribution in [2.75, 3.05) is 4.90 Å². The lowest BCUT2D eigenvalue weighted by Gasteiger charge is -2.28. The Hall–Kier alpha value is -5.86. The maximum atomic E-state index is 6.54. The number of nitrogens with zero attached hydrogens (tertiary/aromatic N) is 1. The van der Waals surface area contributed by atoms with Gasteiger partial charge in [-0.15, -0.1) is 0 Å². The van der Waals surface area contributed by atoms with Crippen molar-refractivity contribution in [1.29, 1.82) is 0 Å². The van der Waals surface area contributed by atoms with Crippen LogP contribution in [0.5, 0.6) is 0 Å². The van der Waals surface area contributed by atoms with Crippen molar-refractivity contribution in [3.63, 3.8) is 0 Å². The van der Waals surface area contributed by atoms with Gasteiger partial charge in [-0.05, 0) is 87.5 Å². The highest BCUT2D eigenvalue weighted by Gasteiger charge is 2.39. The van der Waals surface area contributed by atoms with Gasteiger partial charge in [-0.25, -0.2) is 0 Å². The predicted molar refractivity (Wildman–Crippen MR) is 197 cm³/mol. The molecule has 0 atom stereocenters. The molecule has 1 aliphatic carbocycles. The number of furan rings is 1. The lowest BCUT2D eigenvalue weighted by atomic mass is 9.81. The van der Waals surface area contributed by atoms with E-state index in [0.29, 0.717) is 0 Å². The van der Waals surface area contributed by atoms with E-state index in [-0.39, 0.29) is 5.41 Å². The van der Waals surface area contributed by atoms with E-state index >= 15 is 0 Å². The van der Waals surface area contributed by atoms with E-state index in [1.807, 2.05) is 0 Å². The van der Waals surface area contributed by atoms with Crippen molar-refractivity contribution in [1.82, 2.24) is 0 Å². The van der Waals surface area contributed by atoms with Crippen molar-refractivity contribution in [3.8, 4) is 33.4 Å². The molecule has 0 saturated carbocycles. The fraction of sp³-hybridized carbons (Fsp3) is 0.0667. The first-order chi connectivity index (χ1) is 23.1. The van der Waals surface area contributed by atoms with Gasteiger partial charge in [0.25, 0.3) is 0 Å². The number of rotatable bonds is 5. The topological polar surface area (TPSA) is 16.4 Å². The van der Waals surface area contributed by atoms with Crippen LogP contribution in [-0.2, 0) is 5.41 Å². The molecule has 0 saturated heterocycles. The van der Waals surface area contributed by atoms with E-state index in [1.165, 1.54) is 49.9 Å². The third-order valence-electron chi connectivity index (χ3n) is 9.85. The summed E-state index contributed by atoms with van der Waals surface area (Å²) in [6, 6.07) is 58.7. The molecule has 9 rings (SSSR count). The Morgan fingerprint density at radius 1 is 0.447 bits per heavy atom. The molecule has 2 nitrogen and oxygen atoms in total. The minimum Gasteiger partial charge on any atom is -0.456 e. The summed E-state index contributed by atoms with van der Waals surface area (Å²) in [6.45, 7) is 4.71. The van der Waals surface area contributed by atoms with Crippen LogP contribution in [0.4, 0.5) is 17.1 Å². The Morgan fingerprint density at radius 3 is 1.74 bits per heavy atom. The van der Waals surface area contributed by atoms with Gasteiger partial charge in [0.1, 0.15) is 11.2 Å². The number of anilines is 3. The fourth-order valence-electron chi connectivity index (χ4n) is 7.56. The van der Waals surface area contributed by atoms with Gasteiger partial charge in [0.15, 0.2) is 0 Å². The highest BCUT2D eigenvalue weighted by atomic mass is 16.3. The molecule has 0 spiro atoms. The summed E-state index contributed by atoms with van der Waals surface area (Å²) in [6.07, 6.45) is 0. The molecular formula is C45H33NO. The van der Waals surface area contributed by atoms with Crippen molar-refractivity contribution in [3.05, 3.63) is 175 Å². The average Bonchev–Trinajstić information content (AvgIpc) is 3.61. The number of hydrogen-bond acceptors (Lipinski definition) is 2. The van der Waals surface area contributed by atoms with E-state index in [0.717, 1.165) is 33.6 Å². The number of hydrogen-bond donors (Lipinski definition) is 0. The lowest BCUT2D eigenvalue weighted by Crippen LogP contribution is -2.16. The van der Waals surface area contributed by atoms with Crippen LogP contribution in [0.15, 0.2) is 168 Å². The zero-order valence-corrected chi connectivity index (χ0v) is 26.4. The first-order valence-corrected chi connectivity index (χ1v) is 16.3. The number of fused-ring (bicyclic) bond motifs is 6. The molecule has 0 unspecified atom stereocenters. The van der Waals surface area contributed by atoms with Gasteiger partial charge in [-0.3, -0.25) is 0 Å². The van der Waals surface area contributed by atoms with Gasteiger partial charge < -0.3 is 9.32 Å². The maximum absolute atomic E-state index is 6.54. The summed E-state index contributed by atoms with van der Waals surface area (Å²) in [7, 11) is 0. The molecule has 1 heterocycles. The van der Waals surface area contributed by atoms with E-state index in [2.05, 4.69) is 183 Å². The van der Waals surface area contributed by atoms with Crippen LogP contribution in [0.2, 0.25) is 0 Å². The Balaban J connectivity index is 1.25. The summed E-state index contributed by atoms with van der Waals surface area (Å²) in [5, 5.41) is 2.34. The SMILES string of the molecule is CC1(C)c2cc(N(c3ccccc3)c3ccc(-c4ccccc4)cc3)ccc2-c2c1cc1oc3ccccc3c1c2-c1ccccc1. The Kier molecular flexibility index (Phi) is 6.20. The van der Waals surface area contributed by atoms with E-state index in [9.17, 15) is 0 Å². The molecule has 224 valence electrons. The normalized spacial score (nSPS) is 13.1. The zero-order chi connectivity index (χ0) is 31.5. The highest BCUT2D eigenvalue weighted by Crippen LogP contribution is 2.56. The molecule has 0 aliphatic heterocycles. The monoisotopic (exact) mass is 603 g/mol. The molecule has 1 aromatic heterocycles. The van der Waals surface area contributed by atoms with Crippen LogP contribution in [0, 0.1) is 0 Å². The molecule has 0 amide bonds. The predicted octanol–water partition coefficient (Wildman–Crippen LogP) is 12.7. The molecule has 8 aromatic rings. The Bertz CT molecular complexity index is 2400. The Labute approximate surface area is 275 Å². The van der Waals surface area contributed by atoms with Crippen molar-refractivity contribution in [2.45, 2.75) is 19.3 Å². The third kappa shape index (κ3) is 4.33. The van der Waals surface area contributed by atoms with Gasteiger partial charge in [0, 0.05) is 38.8 Å². The molecule has 0 radical (unpaired) electrons. The molecule has 47 heavy (non-hydrogen) atoms. The number of benzene rings is 7. The molecule has 1 aliphatic rings. The zero-order valence-electron chi connectivity index (χ0n) is 26.4. The molecule has 0 bridgehead atoms. The second kappa shape index (κ2) is 10.6. The van der Waals surface area contributed by atoms with Crippen LogP contribution in [0.1, 0.15) is 25.0 Å². The second-order valence-electron chi connectivity index (χ2n) is 13.0. The largest absolute Gasteiger partial charge is 0.456 e. The summed E-state index contributed by atoms with van der Waals surface area (Å²) in [5.41, 5.74) is 15.1. The van der Waals surface area contributed by atoms with Gasteiger partial charge in [0.2, 0.25) is 0 Å². The van der Waals surface area contributed by atoms with Crippen LogP contribution in [0.3, 0.4) is 0 Å². The average molecular weight is 604 g/mol. The standard InChI is InChI=1S/C45H33NO/c1-45(2)38-28-35(46(33-18-10-5-11-19-33)34-24-22-31(23-25-34)30-14-6-3-7-15-30)26-27-36(38)43-39(45)29-41-44(37-20-12-13-21-40(37)47-41)42(43)32-16-8-4-9-17-32/h3-29H,1-2H3. The third-order valence-corrected chi connectivity index (χ3v) is 9.85. The van der Waals surface area contributed by atoms with E-state index in [1.54, 1.807) is 0 Å². The van der Waals surface area contributed by atoms with Gasteiger partial charge in [-0.1, -0.05) is 129 Å². The second-order valence-corrected chi connectivity index (χ2v) is 13.0. The first kappa shape index (κ1) is 27.5. The lowest BCUT2D eigenvalue weighted by molar-refractivity contribution is 0.647. The summed E-state index contributed by atoms with van der Waals surface area (Å²) in [5.74, 6) is 0. The van der Waals surface area contributed by atoms with Crippen LogP contribution >= 0.6 is 0 Å². The smallest absolute Gasteiger partial charge is 0.136 e. The maximum Gasteiger partial charge on any atom is 0.136 e. The van der Waals surface area contributed by atoms with Crippen LogP contribution < -0.4 is 4.90 Å². The Morgan fingerprint density at radius 2 is 1.02 bits per heavy atom. The first-order valence-electron chi connectivity index (χ1n) is 16.3. The van der Waals surface area contributed by atoms with Gasteiger partial charge in [-0.2, -0.15) is 0 Å². The summed E-state index contributed by atoms with van der Waals surface area (Å²) in [4.78, 5) is 2.37. The molecule has 0 N–H and O–H groups in total. The fourth-order valence-corrected chi connectivity index (χ4v) is 7.56. The van der Waals surface area contributed by atoms with Gasteiger partial charge >= 0.3 is 0 Å². The van der Waals surface area contributed by atoms with Gasteiger partial charge in [0.05, 0.1) is 0 Å². The minimum absolute atomic E-state index is 0.239. The molecule has 2 heteroatoms. The summed E-state index contributed by atoms with van der Waals surface area (Å²) >= 11 is 0. The van der Waals surface area contributed by atoms with Crippen LogP contribution in [-0.4, -0.2) is 0 Å². The van der Waals surface area contributed by atoms with Crippen molar-refractivity contribution >= 4 is 39.0 Å². The molecule has 0 fully saturated rings. The van der Waals surface area contributed by atoms with E-state index in [4.69, 9.17) is 4.42 Å². The van der Waals surface area contributed by atoms with Crippen molar-refractivity contribution < 1.29 is 4.42 Å². The minimum atomic E-state index is -0.239. The van der Waals surface area contributed by atoms with E-state index < -0.39 is 0 Å².